The highest BCUT2D eigenvalue weighted by molar-refractivity contribution is 5.97. The van der Waals surface area contributed by atoms with Gasteiger partial charge < -0.3 is 10.2 Å². The van der Waals surface area contributed by atoms with Gasteiger partial charge in [0.1, 0.15) is 6.54 Å². The smallest absolute Gasteiger partial charge is 0.246 e. The fourth-order valence-corrected chi connectivity index (χ4v) is 3.30. The molecule has 2 amide bonds. The van der Waals surface area contributed by atoms with Gasteiger partial charge in [-0.25, -0.2) is 0 Å². The van der Waals surface area contributed by atoms with Crippen molar-refractivity contribution in [3.8, 4) is 0 Å². The van der Waals surface area contributed by atoms with E-state index in [9.17, 15) is 14.4 Å². The summed E-state index contributed by atoms with van der Waals surface area (Å²) in [5, 5.41) is 7.42. The van der Waals surface area contributed by atoms with Gasteiger partial charge >= 0.3 is 0 Å². The Hall–Kier alpha value is -3.48. The standard InChI is InChI=1S/C20H18N4O3/c25-18-12-21-24(17-8-2-1-7-16(17)18)13-19(26)22-14-5-3-6-15(11-14)23-10-4-9-20(23)27/h1-3,5-8,11-12H,4,9-10,13H2,(H,22,26). The fourth-order valence-electron chi connectivity index (χ4n) is 3.30. The summed E-state index contributed by atoms with van der Waals surface area (Å²) in [5.41, 5.74) is 1.83. The van der Waals surface area contributed by atoms with Crippen LogP contribution in [-0.4, -0.2) is 28.1 Å². The quantitative estimate of drug-likeness (QED) is 0.771. The van der Waals surface area contributed by atoms with Crippen LogP contribution in [0.3, 0.4) is 0 Å². The van der Waals surface area contributed by atoms with Crippen LogP contribution in [0.1, 0.15) is 12.8 Å². The summed E-state index contributed by atoms with van der Waals surface area (Å²) in [7, 11) is 0. The molecule has 0 aliphatic carbocycles. The number of hydrogen-bond acceptors (Lipinski definition) is 4. The van der Waals surface area contributed by atoms with E-state index in [-0.39, 0.29) is 23.8 Å². The average Bonchev–Trinajstić information content (AvgIpc) is 3.10. The van der Waals surface area contributed by atoms with Crippen molar-refractivity contribution in [2.75, 3.05) is 16.8 Å². The van der Waals surface area contributed by atoms with E-state index < -0.39 is 0 Å². The van der Waals surface area contributed by atoms with Gasteiger partial charge in [0.05, 0.1) is 11.7 Å². The number of fused-ring (bicyclic) bond motifs is 1. The number of benzene rings is 2. The number of amides is 2. The highest BCUT2D eigenvalue weighted by atomic mass is 16.2. The summed E-state index contributed by atoms with van der Waals surface area (Å²) in [4.78, 5) is 38.0. The van der Waals surface area contributed by atoms with Crippen molar-refractivity contribution >= 4 is 34.1 Å². The van der Waals surface area contributed by atoms with E-state index in [4.69, 9.17) is 0 Å². The molecular weight excluding hydrogens is 344 g/mol. The van der Waals surface area contributed by atoms with Crippen molar-refractivity contribution in [3.05, 3.63) is 65.0 Å². The summed E-state index contributed by atoms with van der Waals surface area (Å²) in [6.45, 7) is 0.678. The lowest BCUT2D eigenvalue weighted by molar-refractivity contribution is -0.117. The van der Waals surface area contributed by atoms with E-state index >= 15 is 0 Å². The Morgan fingerprint density at radius 2 is 1.96 bits per heavy atom. The van der Waals surface area contributed by atoms with Gasteiger partial charge in [-0.2, -0.15) is 5.10 Å². The first-order valence-corrected chi connectivity index (χ1v) is 8.77. The Kier molecular flexibility index (Phi) is 4.42. The molecule has 7 nitrogen and oxygen atoms in total. The molecule has 0 spiro atoms. The number of anilines is 2. The number of nitrogens with one attached hydrogen (secondary N) is 1. The molecule has 2 heterocycles. The molecule has 0 unspecified atom stereocenters. The summed E-state index contributed by atoms with van der Waals surface area (Å²) < 4.78 is 1.50. The molecule has 3 aromatic rings. The van der Waals surface area contributed by atoms with Crippen LogP contribution >= 0.6 is 0 Å². The minimum absolute atomic E-state index is 0.0202. The number of carbonyl (C=O) groups is 2. The minimum atomic E-state index is -0.263. The number of hydrogen-bond donors (Lipinski definition) is 1. The van der Waals surface area contributed by atoms with Crippen molar-refractivity contribution in [2.45, 2.75) is 19.4 Å². The predicted molar refractivity (Wildman–Crippen MR) is 103 cm³/mol. The van der Waals surface area contributed by atoms with Gasteiger partial charge in [0.2, 0.25) is 17.2 Å². The fraction of sp³-hybridized carbons (Fsp3) is 0.200. The van der Waals surface area contributed by atoms with Crippen LogP contribution in [0, 0.1) is 0 Å². The third kappa shape index (κ3) is 3.44. The maximum Gasteiger partial charge on any atom is 0.246 e. The molecule has 0 bridgehead atoms. The lowest BCUT2D eigenvalue weighted by Crippen LogP contribution is -2.24. The Bertz CT molecular complexity index is 1090. The van der Waals surface area contributed by atoms with E-state index in [0.29, 0.717) is 29.6 Å². The lowest BCUT2D eigenvalue weighted by Gasteiger charge is -2.17. The number of rotatable bonds is 4. The highest BCUT2D eigenvalue weighted by Gasteiger charge is 2.21. The molecule has 0 saturated carbocycles. The van der Waals surface area contributed by atoms with Crippen molar-refractivity contribution < 1.29 is 9.59 Å². The monoisotopic (exact) mass is 362 g/mol. The SMILES string of the molecule is O=C(Cn1ncc(=O)c2ccccc21)Nc1cccc(N2CCCC2=O)c1. The van der Waals surface area contributed by atoms with Gasteiger partial charge in [-0.3, -0.25) is 19.1 Å². The topological polar surface area (TPSA) is 84.3 Å². The first-order chi connectivity index (χ1) is 13.1. The Morgan fingerprint density at radius 3 is 2.78 bits per heavy atom. The van der Waals surface area contributed by atoms with E-state index in [1.165, 1.54) is 10.9 Å². The van der Waals surface area contributed by atoms with Crippen molar-refractivity contribution in [2.24, 2.45) is 0 Å². The molecule has 0 radical (unpaired) electrons. The molecule has 1 saturated heterocycles. The molecule has 136 valence electrons. The maximum absolute atomic E-state index is 12.5. The van der Waals surface area contributed by atoms with Gasteiger partial charge in [-0.1, -0.05) is 18.2 Å². The van der Waals surface area contributed by atoms with Crippen LogP contribution in [0.2, 0.25) is 0 Å². The zero-order valence-electron chi connectivity index (χ0n) is 14.6. The first kappa shape index (κ1) is 17.0. The van der Waals surface area contributed by atoms with Crippen LogP contribution in [-0.2, 0) is 16.1 Å². The second kappa shape index (κ2) is 7.03. The van der Waals surface area contributed by atoms with Crippen molar-refractivity contribution in [1.29, 1.82) is 0 Å². The van der Waals surface area contributed by atoms with E-state index in [1.807, 2.05) is 12.1 Å². The number of para-hydroxylation sites is 1. The zero-order chi connectivity index (χ0) is 18.8. The lowest BCUT2D eigenvalue weighted by atomic mass is 10.2. The molecule has 1 aliphatic heterocycles. The van der Waals surface area contributed by atoms with Crippen LogP contribution in [0.5, 0.6) is 0 Å². The van der Waals surface area contributed by atoms with E-state index in [0.717, 1.165) is 12.1 Å². The third-order valence-electron chi connectivity index (χ3n) is 4.57. The number of nitrogens with zero attached hydrogens (tertiary/aromatic N) is 3. The summed E-state index contributed by atoms with van der Waals surface area (Å²) in [6.07, 6.45) is 2.62. The molecular formula is C20H18N4O3. The molecule has 1 aromatic heterocycles. The summed E-state index contributed by atoms with van der Waals surface area (Å²) in [5.74, 6) is -0.163. The Balaban J connectivity index is 1.53. The molecule has 7 heteroatoms. The Morgan fingerprint density at radius 1 is 1.11 bits per heavy atom. The predicted octanol–water partition coefficient (Wildman–Crippen LogP) is 2.16. The number of aromatic nitrogens is 2. The second-order valence-corrected chi connectivity index (χ2v) is 6.43. The molecule has 1 N–H and O–H groups in total. The minimum Gasteiger partial charge on any atom is -0.324 e. The van der Waals surface area contributed by atoms with Crippen LogP contribution < -0.4 is 15.6 Å². The molecule has 0 atom stereocenters. The summed E-state index contributed by atoms with van der Waals surface area (Å²) >= 11 is 0. The molecule has 1 aliphatic rings. The van der Waals surface area contributed by atoms with Crippen molar-refractivity contribution in [3.63, 3.8) is 0 Å². The molecule has 27 heavy (non-hydrogen) atoms. The molecule has 2 aromatic carbocycles. The van der Waals surface area contributed by atoms with E-state index in [2.05, 4.69) is 10.4 Å². The third-order valence-corrected chi connectivity index (χ3v) is 4.57. The van der Waals surface area contributed by atoms with Gasteiger partial charge in [0.15, 0.2) is 0 Å². The van der Waals surface area contributed by atoms with Crippen molar-refractivity contribution in [1.82, 2.24) is 9.78 Å². The van der Waals surface area contributed by atoms with Crippen LogP contribution in [0.4, 0.5) is 11.4 Å². The van der Waals surface area contributed by atoms with Crippen LogP contribution in [0.15, 0.2) is 59.5 Å². The highest BCUT2D eigenvalue weighted by Crippen LogP contribution is 2.24. The van der Waals surface area contributed by atoms with Gasteiger partial charge in [-0.15, -0.1) is 0 Å². The maximum atomic E-state index is 12.5. The van der Waals surface area contributed by atoms with Gasteiger partial charge in [0, 0.05) is 29.7 Å². The van der Waals surface area contributed by atoms with Gasteiger partial charge in [0.25, 0.3) is 0 Å². The zero-order valence-corrected chi connectivity index (χ0v) is 14.6. The normalized spacial score (nSPS) is 13.9. The Labute approximate surface area is 155 Å². The van der Waals surface area contributed by atoms with Gasteiger partial charge in [-0.05, 0) is 36.8 Å². The van der Waals surface area contributed by atoms with E-state index in [1.54, 1.807) is 41.3 Å². The summed E-state index contributed by atoms with van der Waals surface area (Å²) in [6, 6.07) is 14.3. The molecule has 1 fully saturated rings. The average molecular weight is 362 g/mol. The van der Waals surface area contributed by atoms with Crippen LogP contribution in [0.25, 0.3) is 10.9 Å². The largest absolute Gasteiger partial charge is 0.324 e. The second-order valence-electron chi connectivity index (χ2n) is 6.43. The number of carbonyl (C=O) groups excluding carboxylic acids is 2. The first-order valence-electron chi connectivity index (χ1n) is 8.77. The molecule has 4 rings (SSSR count).